The van der Waals surface area contributed by atoms with Crippen LogP contribution in [0.1, 0.15) is 0 Å². The summed E-state index contributed by atoms with van der Waals surface area (Å²) in [6.07, 6.45) is 0. The number of thioether (sulfide) groups is 1. The van der Waals surface area contributed by atoms with Gasteiger partial charge in [-0.3, -0.25) is 13.9 Å². The van der Waals surface area contributed by atoms with Gasteiger partial charge in [0.1, 0.15) is 6.04 Å². The zero-order valence-corrected chi connectivity index (χ0v) is 8.55. The van der Waals surface area contributed by atoms with E-state index in [0.717, 1.165) is 0 Å². The maximum absolute atomic E-state index is 10.2. The summed E-state index contributed by atoms with van der Waals surface area (Å²) in [6.45, 7) is 0. The highest BCUT2D eigenvalue weighted by molar-refractivity contribution is 8.22. The molecule has 0 fully saturated rings. The monoisotopic (exact) mass is 230 g/mol. The van der Waals surface area contributed by atoms with Crippen molar-refractivity contribution in [2.45, 2.75) is 6.04 Å². The second kappa shape index (κ2) is 5.68. The minimum atomic E-state index is -2.95. The maximum atomic E-state index is 10.2. The van der Waals surface area contributed by atoms with Crippen molar-refractivity contribution < 1.29 is 19.0 Å². The van der Waals surface area contributed by atoms with Gasteiger partial charge in [-0.25, -0.2) is 5.14 Å². The van der Waals surface area contributed by atoms with Crippen LogP contribution in [-0.2, 0) is 4.79 Å². The van der Waals surface area contributed by atoms with E-state index >= 15 is 0 Å². The second-order valence-electron chi connectivity index (χ2n) is 2.44. The fourth-order valence-corrected chi connectivity index (χ4v) is 2.48. The molecule has 0 saturated carbocycles. The zero-order valence-electron chi connectivity index (χ0n) is 6.92. The van der Waals surface area contributed by atoms with Crippen LogP contribution in [0.25, 0.3) is 0 Å². The van der Waals surface area contributed by atoms with Crippen molar-refractivity contribution in [3.8, 4) is 0 Å². The molecular formula is C5H14N2O4S2. The molecular weight excluding hydrogens is 216 g/mol. The summed E-state index contributed by atoms with van der Waals surface area (Å²) < 4.78 is 17.5. The third-order valence-electron chi connectivity index (χ3n) is 1.14. The van der Waals surface area contributed by atoms with Crippen LogP contribution >= 0.6 is 22.5 Å². The van der Waals surface area contributed by atoms with Gasteiger partial charge < -0.3 is 10.8 Å². The molecule has 0 heterocycles. The summed E-state index contributed by atoms with van der Waals surface area (Å²) >= 11 is 1.23. The van der Waals surface area contributed by atoms with Crippen molar-refractivity contribution in [1.82, 2.24) is 0 Å². The molecule has 7 N–H and O–H groups in total. The molecule has 80 valence electrons. The molecule has 0 saturated heterocycles. The van der Waals surface area contributed by atoms with E-state index in [1.165, 1.54) is 11.8 Å². The minimum Gasteiger partial charge on any atom is -0.480 e. The average Bonchev–Trinajstić information content (AvgIpc) is 1.95. The van der Waals surface area contributed by atoms with E-state index in [4.69, 9.17) is 25.1 Å². The third-order valence-corrected chi connectivity index (χ3v) is 3.29. The third kappa shape index (κ3) is 8.34. The van der Waals surface area contributed by atoms with Crippen LogP contribution in [0.2, 0.25) is 0 Å². The summed E-state index contributed by atoms with van der Waals surface area (Å²) in [5, 5.41) is 13.3. The molecule has 0 aromatic carbocycles. The first-order valence-corrected chi connectivity index (χ1v) is 6.36. The van der Waals surface area contributed by atoms with Gasteiger partial charge in [0.15, 0.2) is 0 Å². The van der Waals surface area contributed by atoms with Crippen LogP contribution in [0, 0.1) is 0 Å². The molecule has 8 heteroatoms. The lowest BCUT2D eigenvalue weighted by Gasteiger charge is -2.25. The zero-order chi connectivity index (χ0) is 10.5. The summed E-state index contributed by atoms with van der Waals surface area (Å²) in [7, 11) is -2.95. The maximum Gasteiger partial charge on any atom is 0.321 e. The van der Waals surface area contributed by atoms with Crippen molar-refractivity contribution in [3.05, 3.63) is 0 Å². The molecule has 0 bridgehead atoms. The number of hydrogen-bond donors (Lipinski definition) is 5. The summed E-state index contributed by atoms with van der Waals surface area (Å²) in [6, 6.07) is -0.912. The molecule has 0 rings (SSSR count). The van der Waals surface area contributed by atoms with Gasteiger partial charge in [0.2, 0.25) is 0 Å². The number of carbonyl (C=O) groups is 1. The Balaban J connectivity index is 3.41. The molecule has 1 atom stereocenters. The Morgan fingerprint density at radius 2 is 2.08 bits per heavy atom. The van der Waals surface area contributed by atoms with Gasteiger partial charge in [0.25, 0.3) is 0 Å². The largest absolute Gasteiger partial charge is 0.480 e. The first kappa shape index (κ1) is 13.0. The number of aliphatic carboxylic acids is 1. The van der Waals surface area contributed by atoms with Crippen LogP contribution in [0.4, 0.5) is 0 Å². The Morgan fingerprint density at radius 3 is 2.46 bits per heavy atom. The SMILES string of the molecule is N[C@H](CSCCS(N)(O)O)C(=O)O. The molecule has 0 aliphatic carbocycles. The number of carboxylic acids is 1. The Bertz CT molecular complexity index is 172. The van der Waals surface area contributed by atoms with Crippen molar-refractivity contribution in [1.29, 1.82) is 0 Å². The number of rotatable bonds is 6. The first-order chi connectivity index (χ1) is 5.83. The topological polar surface area (TPSA) is 130 Å². The van der Waals surface area contributed by atoms with E-state index < -0.39 is 22.8 Å². The van der Waals surface area contributed by atoms with Gasteiger partial charge in [-0.2, -0.15) is 11.8 Å². The molecule has 0 radical (unpaired) electrons. The standard InChI is InChI=1S/C5H14N2O4S2/c6-4(5(8)9)3-12-1-2-13(7,10)11/h4,10-11H,1-3,6-7H2,(H,8,9)/t4-/m1/s1. The minimum absolute atomic E-state index is 0.0595. The van der Waals surface area contributed by atoms with E-state index in [0.29, 0.717) is 5.75 Å². The van der Waals surface area contributed by atoms with E-state index in [9.17, 15) is 4.79 Å². The van der Waals surface area contributed by atoms with E-state index in [-0.39, 0.29) is 11.5 Å². The molecule has 0 unspecified atom stereocenters. The quantitative estimate of drug-likeness (QED) is 0.398. The highest BCUT2D eigenvalue weighted by atomic mass is 32.3. The molecule has 6 nitrogen and oxygen atoms in total. The normalized spacial score (nSPS) is 15.4. The molecule has 0 spiro atoms. The van der Waals surface area contributed by atoms with Crippen LogP contribution in [0.5, 0.6) is 0 Å². The predicted octanol–water partition coefficient (Wildman–Crippen LogP) is -0.244. The summed E-state index contributed by atoms with van der Waals surface area (Å²) in [5.41, 5.74) is 5.20. The van der Waals surface area contributed by atoms with Crippen molar-refractivity contribution in [2.75, 3.05) is 17.3 Å². The van der Waals surface area contributed by atoms with Gasteiger partial charge in [0.05, 0.1) is 5.75 Å². The van der Waals surface area contributed by atoms with Crippen LogP contribution < -0.4 is 10.9 Å². The lowest BCUT2D eigenvalue weighted by Crippen LogP contribution is -2.32. The molecule has 13 heavy (non-hydrogen) atoms. The fraction of sp³-hybridized carbons (Fsp3) is 0.800. The predicted molar refractivity (Wildman–Crippen MR) is 54.8 cm³/mol. The second-order valence-corrected chi connectivity index (χ2v) is 5.43. The highest BCUT2D eigenvalue weighted by Gasteiger charge is 2.11. The number of hydrogen-bond acceptors (Lipinski definition) is 6. The van der Waals surface area contributed by atoms with Crippen molar-refractivity contribution >= 4 is 28.5 Å². The van der Waals surface area contributed by atoms with Gasteiger partial charge in [-0.15, -0.1) is 10.8 Å². The Hall–Kier alpha value is 0.01000. The number of nitrogens with two attached hydrogens (primary N) is 2. The summed E-state index contributed by atoms with van der Waals surface area (Å²) in [5.74, 6) is -0.374. The van der Waals surface area contributed by atoms with Crippen LogP contribution in [-0.4, -0.2) is 43.5 Å². The lowest BCUT2D eigenvalue weighted by molar-refractivity contribution is -0.137. The van der Waals surface area contributed by atoms with Gasteiger partial charge >= 0.3 is 5.97 Å². The molecule has 0 aromatic heterocycles. The van der Waals surface area contributed by atoms with E-state index in [1.807, 2.05) is 0 Å². The van der Waals surface area contributed by atoms with Crippen molar-refractivity contribution in [3.63, 3.8) is 0 Å². The molecule has 0 aliphatic heterocycles. The van der Waals surface area contributed by atoms with Crippen LogP contribution in [0.15, 0.2) is 0 Å². The number of carboxylic acid groups (broad SMARTS) is 1. The molecule has 0 aliphatic rings. The fourth-order valence-electron chi connectivity index (χ4n) is 0.463. The highest BCUT2D eigenvalue weighted by Crippen LogP contribution is 2.28. The Labute approximate surface area is 82.2 Å². The first-order valence-electron chi connectivity index (χ1n) is 3.42. The van der Waals surface area contributed by atoms with Crippen molar-refractivity contribution in [2.24, 2.45) is 10.9 Å². The van der Waals surface area contributed by atoms with E-state index in [1.54, 1.807) is 0 Å². The smallest absolute Gasteiger partial charge is 0.321 e. The van der Waals surface area contributed by atoms with Crippen LogP contribution in [0.3, 0.4) is 0 Å². The van der Waals surface area contributed by atoms with E-state index in [2.05, 4.69) is 0 Å². The molecule has 0 aromatic rings. The summed E-state index contributed by atoms with van der Waals surface area (Å²) in [4.78, 5) is 10.2. The van der Waals surface area contributed by atoms with Gasteiger partial charge in [0, 0.05) is 11.5 Å². The molecule has 0 amide bonds. The lowest BCUT2D eigenvalue weighted by atomic mass is 10.4. The van der Waals surface area contributed by atoms with Gasteiger partial charge in [-0.05, 0) is 0 Å². The average molecular weight is 230 g/mol. The Kier molecular flexibility index (Phi) is 5.68. The van der Waals surface area contributed by atoms with Gasteiger partial charge in [-0.1, -0.05) is 0 Å². The Morgan fingerprint density at radius 1 is 1.54 bits per heavy atom.